The lowest BCUT2D eigenvalue weighted by atomic mass is 9.71. The number of fused-ring (bicyclic) bond motifs is 1. The molecule has 0 aliphatic heterocycles. The van der Waals surface area contributed by atoms with Crippen LogP contribution in [-0.2, 0) is 18.4 Å². The van der Waals surface area contributed by atoms with Gasteiger partial charge in [0.15, 0.2) is 0 Å². The Morgan fingerprint density at radius 1 is 1.39 bits per heavy atom. The van der Waals surface area contributed by atoms with Gasteiger partial charge >= 0.3 is 0 Å². The van der Waals surface area contributed by atoms with Crippen LogP contribution in [0, 0.1) is 3.57 Å². The van der Waals surface area contributed by atoms with Crippen LogP contribution in [0.3, 0.4) is 0 Å². The van der Waals surface area contributed by atoms with Crippen molar-refractivity contribution in [3.8, 4) is 5.75 Å². The highest BCUT2D eigenvalue weighted by Crippen LogP contribution is 2.42. The molecule has 2 rings (SSSR count). The molecule has 2 nitrogen and oxygen atoms in total. The number of hydrogen-bond donors (Lipinski definition) is 1. The van der Waals surface area contributed by atoms with Crippen molar-refractivity contribution in [3.05, 3.63) is 26.3 Å². The van der Waals surface area contributed by atoms with E-state index in [4.69, 9.17) is 0 Å². The molecule has 1 N–H and O–H groups in total. The topological polar surface area (TPSA) is 23.5 Å². The Balaban J connectivity index is 2.62. The summed E-state index contributed by atoms with van der Waals surface area (Å²) in [5, 5.41) is 10.3. The van der Waals surface area contributed by atoms with Crippen LogP contribution >= 0.6 is 22.6 Å². The van der Waals surface area contributed by atoms with Gasteiger partial charge in [0.2, 0.25) is 0 Å². The molecule has 0 saturated carbocycles. The van der Waals surface area contributed by atoms with Crippen LogP contribution in [0.1, 0.15) is 43.4 Å². The molecule has 1 aromatic carbocycles. The smallest absolute Gasteiger partial charge is 0.133 e. The van der Waals surface area contributed by atoms with E-state index in [1.54, 1.807) is 0 Å². The largest absolute Gasteiger partial charge is 0.506 e. The average Bonchev–Trinajstić information content (AvgIpc) is 2.25. The van der Waals surface area contributed by atoms with E-state index in [1.807, 2.05) is 0 Å². The van der Waals surface area contributed by atoms with Crippen LogP contribution in [0.25, 0.3) is 0 Å². The predicted molar refractivity (Wildman–Crippen MR) is 84.2 cm³/mol. The summed E-state index contributed by atoms with van der Waals surface area (Å²) in [5.74, 6) is 0.487. The zero-order valence-corrected chi connectivity index (χ0v) is 13.8. The van der Waals surface area contributed by atoms with Crippen LogP contribution < -0.4 is 0 Å². The molecule has 18 heavy (non-hydrogen) atoms. The first-order chi connectivity index (χ1) is 8.33. The fourth-order valence-electron chi connectivity index (χ4n) is 2.95. The second kappa shape index (κ2) is 5.00. The minimum Gasteiger partial charge on any atom is -0.506 e. The van der Waals surface area contributed by atoms with Gasteiger partial charge in [-0.15, -0.1) is 0 Å². The first-order valence-electron chi connectivity index (χ1n) is 6.51. The quantitative estimate of drug-likeness (QED) is 0.815. The molecule has 0 heterocycles. The van der Waals surface area contributed by atoms with Crippen molar-refractivity contribution in [3.63, 3.8) is 0 Å². The number of rotatable bonds is 2. The maximum absolute atomic E-state index is 10.3. The monoisotopic (exact) mass is 359 g/mol. The lowest BCUT2D eigenvalue weighted by molar-refractivity contribution is 0.373. The first kappa shape index (κ1) is 14.1. The van der Waals surface area contributed by atoms with E-state index in [0.29, 0.717) is 5.75 Å². The van der Waals surface area contributed by atoms with Gasteiger partial charge in [-0.1, -0.05) is 13.8 Å². The van der Waals surface area contributed by atoms with E-state index in [2.05, 4.69) is 61.5 Å². The maximum atomic E-state index is 10.3. The normalized spacial score (nSPS) is 17.9. The molecule has 0 radical (unpaired) electrons. The highest BCUT2D eigenvalue weighted by molar-refractivity contribution is 14.1. The lowest BCUT2D eigenvalue weighted by Gasteiger charge is -2.35. The van der Waals surface area contributed by atoms with Crippen molar-refractivity contribution >= 4 is 22.6 Å². The first-order valence-corrected chi connectivity index (χ1v) is 7.59. The number of benzene rings is 1. The van der Waals surface area contributed by atoms with Gasteiger partial charge in [0.05, 0.1) is 3.57 Å². The number of phenolic OH excluding ortho intramolecular Hbond substituents is 1. The minimum absolute atomic E-state index is 0.238. The summed E-state index contributed by atoms with van der Waals surface area (Å²) < 4.78 is 0.984. The Morgan fingerprint density at radius 2 is 2.06 bits per heavy atom. The Bertz CT molecular complexity index is 466. The van der Waals surface area contributed by atoms with Crippen molar-refractivity contribution in [1.29, 1.82) is 0 Å². The molecule has 100 valence electrons. The Morgan fingerprint density at radius 3 is 2.67 bits per heavy atom. The Kier molecular flexibility index (Phi) is 3.93. The number of nitrogens with zero attached hydrogens (tertiary/aromatic N) is 1. The van der Waals surface area contributed by atoms with E-state index >= 15 is 0 Å². The third-order valence-corrected chi connectivity index (χ3v) is 4.73. The van der Waals surface area contributed by atoms with Crippen LogP contribution in [-0.4, -0.2) is 24.1 Å². The fraction of sp³-hybridized carbons (Fsp3) is 0.600. The molecule has 1 aromatic rings. The van der Waals surface area contributed by atoms with Gasteiger partial charge in [-0.05, 0) is 78.6 Å². The highest BCUT2D eigenvalue weighted by Gasteiger charge is 2.30. The van der Waals surface area contributed by atoms with Gasteiger partial charge in [-0.25, -0.2) is 0 Å². The van der Waals surface area contributed by atoms with Gasteiger partial charge < -0.3 is 10.0 Å². The number of halogens is 1. The van der Waals surface area contributed by atoms with E-state index < -0.39 is 0 Å². The van der Waals surface area contributed by atoms with Crippen molar-refractivity contribution in [1.82, 2.24) is 4.90 Å². The van der Waals surface area contributed by atoms with Gasteiger partial charge in [-0.2, -0.15) is 0 Å². The van der Waals surface area contributed by atoms with Crippen molar-refractivity contribution in [2.24, 2.45) is 0 Å². The number of phenols is 1. The third kappa shape index (κ3) is 2.52. The molecule has 1 aliphatic carbocycles. The van der Waals surface area contributed by atoms with Crippen LogP contribution in [0.15, 0.2) is 6.07 Å². The summed E-state index contributed by atoms with van der Waals surface area (Å²) in [6.07, 6.45) is 3.56. The Hall–Kier alpha value is -0.290. The van der Waals surface area contributed by atoms with Gasteiger partial charge in [0.25, 0.3) is 0 Å². The zero-order chi connectivity index (χ0) is 13.5. The van der Waals surface area contributed by atoms with Crippen LogP contribution in [0.2, 0.25) is 0 Å². The molecular formula is C15H22INO. The van der Waals surface area contributed by atoms with Crippen molar-refractivity contribution < 1.29 is 5.11 Å². The fourth-order valence-corrected chi connectivity index (χ4v) is 3.59. The third-order valence-electron chi connectivity index (χ3n) is 3.90. The summed E-state index contributed by atoms with van der Waals surface area (Å²) in [7, 11) is 4.11. The number of hydrogen-bond acceptors (Lipinski definition) is 2. The van der Waals surface area contributed by atoms with E-state index in [-0.39, 0.29) is 5.41 Å². The van der Waals surface area contributed by atoms with E-state index in [0.717, 1.165) is 22.1 Å². The molecule has 0 unspecified atom stereocenters. The predicted octanol–water partition coefficient (Wildman–Crippen LogP) is 3.67. The molecule has 0 atom stereocenters. The van der Waals surface area contributed by atoms with Gasteiger partial charge in [0.1, 0.15) is 5.75 Å². The van der Waals surface area contributed by atoms with Gasteiger partial charge in [0, 0.05) is 12.1 Å². The second-order valence-corrected chi connectivity index (χ2v) is 7.35. The molecule has 1 aliphatic rings. The summed E-state index contributed by atoms with van der Waals surface area (Å²) in [5.41, 5.74) is 4.20. The molecule has 0 bridgehead atoms. The summed E-state index contributed by atoms with van der Waals surface area (Å²) in [6.45, 7) is 5.45. The standard InChI is InChI=1S/C15H22INO/c1-15(2)7-5-6-10-11(9-17(3)4)14(18)13(16)8-12(10)15/h8,18H,5-7,9H2,1-4H3. The molecule has 0 fully saturated rings. The molecular weight excluding hydrogens is 337 g/mol. The zero-order valence-electron chi connectivity index (χ0n) is 11.7. The SMILES string of the molecule is CN(C)Cc1c(O)c(I)cc2c1CCCC2(C)C. The second-order valence-electron chi connectivity index (χ2n) is 6.19. The lowest BCUT2D eigenvalue weighted by Crippen LogP contribution is -2.26. The molecule has 3 heteroatoms. The molecule has 0 aromatic heterocycles. The van der Waals surface area contributed by atoms with Crippen LogP contribution in [0.5, 0.6) is 5.75 Å². The highest BCUT2D eigenvalue weighted by atomic mass is 127. The van der Waals surface area contributed by atoms with Crippen molar-refractivity contribution in [2.45, 2.75) is 45.1 Å². The molecule has 0 amide bonds. The van der Waals surface area contributed by atoms with Crippen molar-refractivity contribution in [2.75, 3.05) is 14.1 Å². The number of aromatic hydroxyl groups is 1. The molecule has 0 spiro atoms. The van der Waals surface area contributed by atoms with E-state index in [1.165, 1.54) is 24.0 Å². The van der Waals surface area contributed by atoms with E-state index in [9.17, 15) is 5.11 Å². The minimum atomic E-state index is 0.238. The van der Waals surface area contributed by atoms with Crippen LogP contribution in [0.4, 0.5) is 0 Å². The van der Waals surface area contributed by atoms with Gasteiger partial charge in [-0.3, -0.25) is 0 Å². The average molecular weight is 359 g/mol. The molecule has 0 saturated heterocycles. The summed E-state index contributed by atoms with van der Waals surface area (Å²) in [6, 6.07) is 2.18. The summed E-state index contributed by atoms with van der Waals surface area (Å²) in [4.78, 5) is 2.13. The summed E-state index contributed by atoms with van der Waals surface area (Å²) >= 11 is 2.25. The Labute approximate surface area is 124 Å². The maximum Gasteiger partial charge on any atom is 0.133 e.